The molecule has 0 saturated heterocycles. The van der Waals surface area contributed by atoms with E-state index in [9.17, 15) is 0 Å². The van der Waals surface area contributed by atoms with Gasteiger partial charge in [-0.15, -0.1) is 0 Å². The molecule has 0 fully saturated rings. The Kier molecular flexibility index (Phi) is 10.2. The SMILES string of the molecule is CCN(C)[Si](O[SiH2]CCCN)(N(C)CC)N(C)CC. The van der Waals surface area contributed by atoms with Gasteiger partial charge < -0.3 is 9.85 Å². The Balaban J connectivity index is 5.01. The lowest BCUT2D eigenvalue weighted by molar-refractivity contribution is 0.223. The summed E-state index contributed by atoms with van der Waals surface area (Å²) < 4.78 is 13.9. The average molecular weight is 307 g/mol. The first-order valence-electron chi connectivity index (χ1n) is 7.48. The van der Waals surface area contributed by atoms with Crippen LogP contribution in [0.2, 0.25) is 6.04 Å². The molecular formula is C12H34N4OSi2. The lowest BCUT2D eigenvalue weighted by Crippen LogP contribution is -2.74. The normalized spacial score (nSPS) is 13.6. The maximum atomic E-state index is 6.59. The van der Waals surface area contributed by atoms with Crippen LogP contribution < -0.4 is 5.73 Å². The lowest BCUT2D eigenvalue weighted by Gasteiger charge is -2.48. The molecule has 0 bridgehead atoms. The number of nitrogens with two attached hydrogens (primary N) is 1. The summed E-state index contributed by atoms with van der Waals surface area (Å²) in [6.45, 7) is 10.5. The van der Waals surface area contributed by atoms with Gasteiger partial charge in [0, 0.05) is 0 Å². The fourth-order valence-corrected chi connectivity index (χ4v) is 10.1. The number of hydrogen-bond donors (Lipinski definition) is 1. The molecule has 0 unspecified atom stereocenters. The molecule has 0 aromatic carbocycles. The minimum atomic E-state index is -2.13. The van der Waals surface area contributed by atoms with E-state index in [-0.39, 0.29) is 0 Å². The van der Waals surface area contributed by atoms with Crippen LogP contribution in [0.1, 0.15) is 27.2 Å². The second kappa shape index (κ2) is 10.0. The Labute approximate surface area is 123 Å². The van der Waals surface area contributed by atoms with Gasteiger partial charge in [-0.1, -0.05) is 20.8 Å². The Hall–Kier alpha value is 0.234. The van der Waals surface area contributed by atoms with E-state index in [4.69, 9.17) is 9.85 Å². The highest BCUT2D eigenvalue weighted by Gasteiger charge is 2.48. The van der Waals surface area contributed by atoms with E-state index in [0.29, 0.717) is 0 Å². The van der Waals surface area contributed by atoms with Gasteiger partial charge in [0.05, 0.1) is 0 Å². The van der Waals surface area contributed by atoms with Crippen molar-refractivity contribution in [3.8, 4) is 0 Å². The fraction of sp³-hybridized carbons (Fsp3) is 1.00. The Morgan fingerprint density at radius 2 is 1.37 bits per heavy atom. The third kappa shape index (κ3) is 4.93. The van der Waals surface area contributed by atoms with Gasteiger partial charge in [-0.05, 0) is 59.8 Å². The predicted molar refractivity (Wildman–Crippen MR) is 88.8 cm³/mol. The van der Waals surface area contributed by atoms with Crippen molar-refractivity contribution in [2.45, 2.75) is 33.2 Å². The molecule has 5 nitrogen and oxygen atoms in total. The zero-order valence-corrected chi connectivity index (χ0v) is 16.2. The summed E-state index contributed by atoms with van der Waals surface area (Å²) >= 11 is 0. The molecule has 0 aromatic rings. The van der Waals surface area contributed by atoms with Gasteiger partial charge in [0.15, 0.2) is 9.76 Å². The van der Waals surface area contributed by atoms with Gasteiger partial charge in [-0.3, -0.25) is 13.7 Å². The van der Waals surface area contributed by atoms with Gasteiger partial charge >= 0.3 is 8.80 Å². The van der Waals surface area contributed by atoms with Crippen molar-refractivity contribution in [1.29, 1.82) is 0 Å². The van der Waals surface area contributed by atoms with Gasteiger partial charge in [-0.2, -0.15) is 0 Å². The highest BCUT2D eigenvalue weighted by atomic mass is 28.4. The van der Waals surface area contributed by atoms with Crippen molar-refractivity contribution in [3.63, 3.8) is 0 Å². The summed E-state index contributed by atoms with van der Waals surface area (Å²) in [5, 5.41) is 0. The molecule has 19 heavy (non-hydrogen) atoms. The Morgan fingerprint density at radius 1 is 0.947 bits per heavy atom. The number of rotatable bonds is 11. The molecular weight excluding hydrogens is 272 g/mol. The molecule has 0 atom stereocenters. The van der Waals surface area contributed by atoms with Crippen molar-refractivity contribution in [3.05, 3.63) is 0 Å². The molecule has 2 N–H and O–H groups in total. The maximum Gasteiger partial charge on any atom is 0.436 e. The smallest absolute Gasteiger partial charge is 0.427 e. The van der Waals surface area contributed by atoms with Gasteiger partial charge in [0.25, 0.3) is 0 Å². The van der Waals surface area contributed by atoms with Crippen molar-refractivity contribution in [1.82, 2.24) is 13.7 Å². The second-order valence-corrected chi connectivity index (χ2v) is 10.7. The molecule has 0 rings (SSSR count). The predicted octanol–water partition coefficient (Wildman–Crippen LogP) is 0.145. The van der Waals surface area contributed by atoms with Crippen LogP contribution >= 0.6 is 0 Å². The van der Waals surface area contributed by atoms with Gasteiger partial charge in [-0.25, -0.2) is 0 Å². The summed E-state index contributed by atoms with van der Waals surface area (Å²) in [5.74, 6) is 0. The molecule has 0 aliphatic rings. The minimum Gasteiger partial charge on any atom is -0.427 e. The van der Waals surface area contributed by atoms with Crippen molar-refractivity contribution >= 4 is 18.6 Å². The molecule has 0 aliphatic heterocycles. The van der Waals surface area contributed by atoms with Gasteiger partial charge in [0.1, 0.15) is 0 Å². The fourth-order valence-electron chi connectivity index (χ4n) is 2.28. The highest BCUT2D eigenvalue weighted by Crippen LogP contribution is 2.18. The van der Waals surface area contributed by atoms with Gasteiger partial charge in [0.2, 0.25) is 0 Å². The average Bonchev–Trinajstić information content (AvgIpc) is 2.45. The zero-order chi connectivity index (χ0) is 14.9. The minimum absolute atomic E-state index is 0.503. The molecule has 0 saturated carbocycles. The highest BCUT2D eigenvalue weighted by molar-refractivity contribution is 6.69. The number of hydrogen-bond acceptors (Lipinski definition) is 5. The molecule has 0 radical (unpaired) electrons. The van der Waals surface area contributed by atoms with Crippen LogP contribution in [0, 0.1) is 0 Å². The summed E-state index contributed by atoms with van der Waals surface area (Å²) in [5.41, 5.74) is 5.58. The first-order chi connectivity index (χ1) is 9.00. The Morgan fingerprint density at radius 3 is 1.68 bits per heavy atom. The van der Waals surface area contributed by atoms with E-state index in [2.05, 4.69) is 55.6 Å². The van der Waals surface area contributed by atoms with E-state index in [1.165, 1.54) is 6.04 Å². The van der Waals surface area contributed by atoms with Crippen molar-refractivity contribution < 1.29 is 4.12 Å². The maximum absolute atomic E-state index is 6.59. The molecule has 0 aliphatic carbocycles. The standard InChI is InChI=1S/C12H34N4OSi2/c1-7-14(4)19(15(5)8-2,16(6)9-3)17-18-12-10-11-13/h7-13,18H2,1-6H3. The molecule has 0 amide bonds. The zero-order valence-electron chi connectivity index (χ0n) is 13.8. The summed E-state index contributed by atoms with van der Waals surface area (Å²) in [7, 11) is 3.95. The van der Waals surface area contributed by atoms with Crippen LogP contribution in [0.4, 0.5) is 0 Å². The van der Waals surface area contributed by atoms with Crippen LogP contribution in [-0.2, 0) is 4.12 Å². The topological polar surface area (TPSA) is 45.0 Å². The van der Waals surface area contributed by atoms with Crippen LogP contribution in [0.15, 0.2) is 0 Å². The molecule has 7 heteroatoms. The second-order valence-electron chi connectivity index (χ2n) is 4.96. The number of nitrogens with zero attached hydrogens (tertiary/aromatic N) is 3. The summed E-state index contributed by atoms with van der Waals surface area (Å²) in [6, 6.07) is 1.18. The molecule has 0 aromatic heterocycles. The van der Waals surface area contributed by atoms with E-state index in [0.717, 1.165) is 32.6 Å². The quantitative estimate of drug-likeness (QED) is 0.435. The van der Waals surface area contributed by atoms with E-state index < -0.39 is 18.6 Å². The largest absolute Gasteiger partial charge is 0.436 e. The van der Waals surface area contributed by atoms with E-state index in [1.54, 1.807) is 0 Å². The van der Waals surface area contributed by atoms with E-state index >= 15 is 0 Å². The first-order valence-corrected chi connectivity index (χ1v) is 10.8. The molecule has 0 heterocycles. The third-order valence-electron chi connectivity index (χ3n) is 3.81. The van der Waals surface area contributed by atoms with Crippen molar-refractivity contribution in [2.24, 2.45) is 5.73 Å². The summed E-state index contributed by atoms with van der Waals surface area (Å²) in [4.78, 5) is 0. The van der Waals surface area contributed by atoms with Crippen LogP contribution in [0.25, 0.3) is 0 Å². The lowest BCUT2D eigenvalue weighted by atomic mass is 10.5. The molecule has 0 spiro atoms. The monoisotopic (exact) mass is 306 g/mol. The molecule has 116 valence electrons. The van der Waals surface area contributed by atoms with Crippen LogP contribution in [0.3, 0.4) is 0 Å². The van der Waals surface area contributed by atoms with Crippen molar-refractivity contribution in [2.75, 3.05) is 47.3 Å². The van der Waals surface area contributed by atoms with Crippen LogP contribution in [-0.4, -0.2) is 79.6 Å². The van der Waals surface area contributed by atoms with Crippen LogP contribution in [0.5, 0.6) is 0 Å². The van der Waals surface area contributed by atoms with E-state index in [1.807, 2.05) is 0 Å². The first kappa shape index (κ1) is 19.2. The summed E-state index contributed by atoms with van der Waals surface area (Å²) in [6.07, 6.45) is 1.10. The Bertz CT molecular complexity index is 207. The third-order valence-corrected chi connectivity index (χ3v) is 10.9.